The Labute approximate surface area is 195 Å². The van der Waals surface area contributed by atoms with Gasteiger partial charge in [-0.15, -0.1) is 0 Å². The molecule has 1 unspecified atom stereocenters. The molecular formula is C25H23FN4O4. The molecule has 0 spiro atoms. The fourth-order valence-electron chi connectivity index (χ4n) is 3.61. The van der Waals surface area contributed by atoms with Gasteiger partial charge in [0.2, 0.25) is 5.91 Å². The molecule has 1 aliphatic heterocycles. The van der Waals surface area contributed by atoms with Crippen molar-refractivity contribution in [3.05, 3.63) is 95.6 Å². The number of hydrogen-bond donors (Lipinski definition) is 2. The monoisotopic (exact) mass is 462 g/mol. The number of rotatable bonds is 8. The summed E-state index contributed by atoms with van der Waals surface area (Å²) in [5.74, 6) is -0.899. The Balaban J connectivity index is 1.33. The zero-order chi connectivity index (χ0) is 24.1. The van der Waals surface area contributed by atoms with Gasteiger partial charge in [0.1, 0.15) is 30.3 Å². The van der Waals surface area contributed by atoms with Gasteiger partial charge in [0.05, 0.1) is 5.69 Å². The molecule has 2 aromatic carbocycles. The molecule has 1 fully saturated rings. The van der Waals surface area contributed by atoms with Gasteiger partial charge in [-0.1, -0.05) is 30.3 Å². The molecule has 8 nitrogen and oxygen atoms in total. The molecule has 4 amide bonds. The average molecular weight is 462 g/mol. The lowest BCUT2D eigenvalue weighted by molar-refractivity contribution is -0.134. The van der Waals surface area contributed by atoms with Gasteiger partial charge in [-0.05, 0) is 54.4 Å². The van der Waals surface area contributed by atoms with Crippen LogP contribution >= 0.6 is 0 Å². The lowest BCUT2D eigenvalue weighted by Gasteiger charge is -2.22. The van der Waals surface area contributed by atoms with E-state index >= 15 is 0 Å². The van der Waals surface area contributed by atoms with E-state index in [1.807, 2.05) is 24.3 Å². The van der Waals surface area contributed by atoms with E-state index in [4.69, 9.17) is 4.74 Å². The molecule has 174 valence electrons. The minimum atomic E-state index is -1.37. The first-order valence-electron chi connectivity index (χ1n) is 10.6. The molecule has 2 heterocycles. The third-order valence-corrected chi connectivity index (χ3v) is 5.50. The highest BCUT2D eigenvalue weighted by molar-refractivity contribution is 6.09. The highest BCUT2D eigenvalue weighted by atomic mass is 19.1. The molecular weight excluding hydrogens is 439 g/mol. The molecule has 1 atom stereocenters. The zero-order valence-corrected chi connectivity index (χ0v) is 18.5. The van der Waals surface area contributed by atoms with Crippen LogP contribution in [0.25, 0.3) is 0 Å². The molecule has 9 heteroatoms. The van der Waals surface area contributed by atoms with Gasteiger partial charge in [0, 0.05) is 12.7 Å². The van der Waals surface area contributed by atoms with Crippen LogP contribution in [0.2, 0.25) is 0 Å². The second kappa shape index (κ2) is 9.70. The van der Waals surface area contributed by atoms with E-state index in [2.05, 4.69) is 15.6 Å². The highest BCUT2D eigenvalue weighted by Gasteiger charge is 2.49. The van der Waals surface area contributed by atoms with Gasteiger partial charge in [-0.3, -0.25) is 19.5 Å². The molecule has 0 saturated carbocycles. The van der Waals surface area contributed by atoms with Gasteiger partial charge in [0.15, 0.2) is 0 Å². The number of ether oxygens (including phenoxy) is 1. The van der Waals surface area contributed by atoms with Crippen LogP contribution in [0.1, 0.15) is 23.7 Å². The summed E-state index contributed by atoms with van der Waals surface area (Å²) in [4.78, 5) is 42.9. The highest BCUT2D eigenvalue weighted by Crippen LogP contribution is 2.28. The first-order chi connectivity index (χ1) is 16.3. The molecule has 1 saturated heterocycles. The molecule has 1 aromatic heterocycles. The van der Waals surface area contributed by atoms with Crippen LogP contribution in [0.5, 0.6) is 5.75 Å². The first-order valence-corrected chi connectivity index (χ1v) is 10.6. The molecule has 2 N–H and O–H groups in total. The predicted octanol–water partition coefficient (Wildman–Crippen LogP) is 2.88. The summed E-state index contributed by atoms with van der Waals surface area (Å²) >= 11 is 0. The van der Waals surface area contributed by atoms with Gasteiger partial charge < -0.3 is 15.4 Å². The molecule has 34 heavy (non-hydrogen) atoms. The topological polar surface area (TPSA) is 101 Å². The van der Waals surface area contributed by atoms with E-state index in [1.54, 1.807) is 24.4 Å². The van der Waals surface area contributed by atoms with E-state index in [0.29, 0.717) is 17.9 Å². The minimum Gasteiger partial charge on any atom is -0.487 e. The van der Waals surface area contributed by atoms with Crippen LogP contribution < -0.4 is 15.4 Å². The number of pyridine rings is 1. The van der Waals surface area contributed by atoms with Crippen LogP contribution in [0.3, 0.4) is 0 Å². The molecule has 4 rings (SSSR count). The molecule has 0 aliphatic carbocycles. The van der Waals surface area contributed by atoms with E-state index in [-0.39, 0.29) is 6.54 Å². The molecule has 0 radical (unpaired) electrons. The Bertz CT molecular complexity index is 1200. The Morgan fingerprint density at radius 1 is 1.12 bits per heavy atom. The number of carbonyl (C=O) groups is 3. The van der Waals surface area contributed by atoms with Gasteiger partial charge in [-0.2, -0.15) is 0 Å². The molecule has 3 aromatic rings. The van der Waals surface area contributed by atoms with Crippen molar-refractivity contribution >= 4 is 17.8 Å². The van der Waals surface area contributed by atoms with Gasteiger partial charge in [-0.25, -0.2) is 9.18 Å². The summed E-state index contributed by atoms with van der Waals surface area (Å²) in [6.45, 7) is 1.60. The molecule has 1 aliphatic rings. The summed E-state index contributed by atoms with van der Waals surface area (Å²) in [6, 6.07) is 17.4. The van der Waals surface area contributed by atoms with E-state index in [1.165, 1.54) is 31.2 Å². The average Bonchev–Trinajstić information content (AvgIpc) is 3.06. The van der Waals surface area contributed by atoms with Crippen molar-refractivity contribution in [1.29, 1.82) is 0 Å². The number of hydrogen-bond acceptors (Lipinski definition) is 5. The van der Waals surface area contributed by atoms with E-state index in [0.717, 1.165) is 16.2 Å². The van der Waals surface area contributed by atoms with Crippen molar-refractivity contribution in [2.24, 2.45) is 0 Å². The van der Waals surface area contributed by atoms with Crippen LogP contribution in [0, 0.1) is 5.82 Å². The first kappa shape index (κ1) is 22.9. The van der Waals surface area contributed by atoms with Gasteiger partial charge in [0.25, 0.3) is 5.91 Å². The second-order valence-electron chi connectivity index (χ2n) is 7.99. The van der Waals surface area contributed by atoms with Crippen molar-refractivity contribution < 1.29 is 23.5 Å². The van der Waals surface area contributed by atoms with Crippen molar-refractivity contribution in [2.75, 3.05) is 6.54 Å². The summed E-state index contributed by atoms with van der Waals surface area (Å²) in [5.41, 5.74) is 0.643. The number of benzene rings is 2. The maximum Gasteiger partial charge on any atom is 0.325 e. The fourth-order valence-corrected chi connectivity index (χ4v) is 3.61. The van der Waals surface area contributed by atoms with Crippen molar-refractivity contribution in [3.8, 4) is 5.75 Å². The Morgan fingerprint density at radius 2 is 1.91 bits per heavy atom. The van der Waals surface area contributed by atoms with Crippen LogP contribution in [0.15, 0.2) is 72.9 Å². The second-order valence-corrected chi connectivity index (χ2v) is 7.99. The summed E-state index contributed by atoms with van der Waals surface area (Å²) in [5, 5.41) is 5.31. The number of halogens is 1. The van der Waals surface area contributed by atoms with Crippen molar-refractivity contribution in [1.82, 2.24) is 20.5 Å². The minimum absolute atomic E-state index is 0.193. The van der Waals surface area contributed by atoms with Gasteiger partial charge >= 0.3 is 6.03 Å². The predicted molar refractivity (Wildman–Crippen MR) is 121 cm³/mol. The summed E-state index contributed by atoms with van der Waals surface area (Å²) in [7, 11) is 0. The van der Waals surface area contributed by atoms with Crippen LogP contribution in [-0.4, -0.2) is 34.3 Å². The number of aromatic nitrogens is 1. The van der Waals surface area contributed by atoms with Crippen LogP contribution in [-0.2, 0) is 28.3 Å². The molecule has 0 bridgehead atoms. The summed E-state index contributed by atoms with van der Waals surface area (Å²) in [6.07, 6.45) is 1.69. The SMILES string of the molecule is CC1(c2ccc(F)cc2)NC(=O)N(CC(=O)NCc2cccc(OCc3ccccn3)c2)C1=O. The fraction of sp³-hybridized carbons (Fsp3) is 0.200. The third kappa shape index (κ3) is 5.03. The summed E-state index contributed by atoms with van der Waals surface area (Å²) < 4.78 is 19.0. The zero-order valence-electron chi connectivity index (χ0n) is 18.5. The third-order valence-electron chi connectivity index (χ3n) is 5.50. The van der Waals surface area contributed by atoms with Crippen molar-refractivity contribution in [2.45, 2.75) is 25.6 Å². The van der Waals surface area contributed by atoms with Crippen molar-refractivity contribution in [3.63, 3.8) is 0 Å². The number of nitrogens with zero attached hydrogens (tertiary/aromatic N) is 2. The van der Waals surface area contributed by atoms with Crippen LogP contribution in [0.4, 0.5) is 9.18 Å². The standard InChI is InChI=1S/C25H23FN4O4/c1-25(18-8-10-19(26)11-9-18)23(32)30(24(33)29-25)15-22(31)28-14-17-5-4-7-21(13-17)34-16-20-6-2-3-12-27-20/h2-13H,14-16H2,1H3,(H,28,31)(H,29,33). The maximum absolute atomic E-state index is 13.2. The quantitative estimate of drug-likeness (QED) is 0.502. The van der Waals surface area contributed by atoms with E-state index < -0.39 is 35.7 Å². The lowest BCUT2D eigenvalue weighted by atomic mass is 9.92. The number of imide groups is 1. The lowest BCUT2D eigenvalue weighted by Crippen LogP contribution is -2.43. The Hall–Kier alpha value is -4.27. The maximum atomic E-state index is 13.2. The largest absolute Gasteiger partial charge is 0.487 e. The van der Waals surface area contributed by atoms with E-state index in [9.17, 15) is 18.8 Å². The number of amides is 4. The number of nitrogens with one attached hydrogen (secondary N) is 2. The normalized spacial score (nSPS) is 17.4. The number of carbonyl (C=O) groups excluding carboxylic acids is 3. The Kier molecular flexibility index (Phi) is 6.53. The Morgan fingerprint density at radius 3 is 2.65 bits per heavy atom. The number of urea groups is 1. The smallest absolute Gasteiger partial charge is 0.325 e.